The third-order valence-electron chi connectivity index (χ3n) is 4.20. The van der Waals surface area contributed by atoms with E-state index in [9.17, 15) is 14.4 Å². The Morgan fingerprint density at radius 3 is 2.21 bits per heavy atom. The summed E-state index contributed by atoms with van der Waals surface area (Å²) in [4.78, 5) is 37.5. The van der Waals surface area contributed by atoms with E-state index in [0.717, 1.165) is 0 Å². The van der Waals surface area contributed by atoms with Gasteiger partial charge < -0.3 is 20.1 Å². The lowest BCUT2D eigenvalue weighted by Gasteiger charge is -2.25. The van der Waals surface area contributed by atoms with E-state index in [4.69, 9.17) is 9.84 Å². The fraction of sp³-hybridized carbons (Fsp3) is 0.318. The molecule has 2 aromatic rings. The number of carbonyl (C=O) groups excluding carboxylic acids is 2. The Bertz CT molecular complexity index is 834. The van der Waals surface area contributed by atoms with Gasteiger partial charge in [-0.2, -0.15) is 0 Å². The Balaban J connectivity index is 2.18. The van der Waals surface area contributed by atoms with Gasteiger partial charge in [0.15, 0.2) is 6.61 Å². The van der Waals surface area contributed by atoms with Crippen molar-refractivity contribution in [3.05, 3.63) is 60.2 Å². The first kappa shape index (κ1) is 21.9. The molecule has 2 aromatic carbocycles. The molecule has 2 amide bonds. The molecular formula is C22H26N2O5. The topological polar surface area (TPSA) is 95.9 Å². The number of rotatable bonds is 9. The van der Waals surface area contributed by atoms with E-state index in [1.54, 1.807) is 43.4 Å². The smallest absolute Gasteiger partial charge is 0.341 e. The van der Waals surface area contributed by atoms with Crippen LogP contribution in [0.2, 0.25) is 0 Å². The van der Waals surface area contributed by atoms with Crippen molar-refractivity contribution < 1.29 is 24.2 Å². The molecule has 0 heterocycles. The molecule has 29 heavy (non-hydrogen) atoms. The summed E-state index contributed by atoms with van der Waals surface area (Å²) in [7, 11) is 1.62. The zero-order valence-electron chi connectivity index (χ0n) is 16.8. The van der Waals surface area contributed by atoms with Gasteiger partial charge in [0, 0.05) is 19.2 Å². The molecule has 1 unspecified atom stereocenters. The Labute approximate surface area is 170 Å². The van der Waals surface area contributed by atoms with Crippen LogP contribution < -0.4 is 15.0 Å². The maximum absolute atomic E-state index is 13.2. The molecule has 1 atom stereocenters. The van der Waals surface area contributed by atoms with E-state index in [0.29, 0.717) is 23.4 Å². The fourth-order valence-electron chi connectivity index (χ4n) is 2.76. The number of hydrogen-bond donors (Lipinski definition) is 2. The SMILES string of the molecule is CC(C)CC(=O)NC(C(=O)N(C)c1ccc(OCC(=O)O)cc1)c1ccccc1. The Kier molecular flexibility index (Phi) is 7.77. The van der Waals surface area contributed by atoms with Crippen LogP contribution in [0, 0.1) is 5.92 Å². The number of amides is 2. The summed E-state index contributed by atoms with van der Waals surface area (Å²) in [5, 5.41) is 11.5. The average Bonchev–Trinajstić information content (AvgIpc) is 2.70. The van der Waals surface area contributed by atoms with Crippen LogP contribution in [0.3, 0.4) is 0 Å². The number of hydrogen-bond acceptors (Lipinski definition) is 4. The summed E-state index contributed by atoms with van der Waals surface area (Å²) in [6.45, 7) is 3.45. The van der Waals surface area contributed by atoms with Crippen LogP contribution >= 0.6 is 0 Å². The van der Waals surface area contributed by atoms with Crippen molar-refractivity contribution in [3.8, 4) is 5.75 Å². The molecule has 0 spiro atoms. The van der Waals surface area contributed by atoms with Crippen molar-refractivity contribution in [3.63, 3.8) is 0 Å². The molecule has 2 rings (SSSR count). The van der Waals surface area contributed by atoms with Crippen molar-refractivity contribution in [2.45, 2.75) is 26.3 Å². The predicted octanol–water partition coefficient (Wildman–Crippen LogP) is 3.02. The zero-order valence-corrected chi connectivity index (χ0v) is 16.8. The molecular weight excluding hydrogens is 372 g/mol. The molecule has 0 fully saturated rings. The van der Waals surface area contributed by atoms with Crippen molar-refractivity contribution in [1.82, 2.24) is 5.32 Å². The van der Waals surface area contributed by atoms with Crippen molar-refractivity contribution in [2.75, 3.05) is 18.6 Å². The van der Waals surface area contributed by atoms with E-state index in [1.165, 1.54) is 4.90 Å². The van der Waals surface area contributed by atoms with Gasteiger partial charge in [0.2, 0.25) is 5.91 Å². The number of carbonyl (C=O) groups is 3. The third kappa shape index (κ3) is 6.64. The standard InChI is InChI=1S/C22H26N2O5/c1-15(2)13-19(25)23-21(16-7-5-4-6-8-16)22(28)24(3)17-9-11-18(12-10-17)29-14-20(26)27/h4-12,15,21H,13-14H2,1-3H3,(H,23,25)(H,26,27). The average molecular weight is 398 g/mol. The minimum absolute atomic E-state index is 0.178. The highest BCUT2D eigenvalue weighted by Gasteiger charge is 2.26. The maximum Gasteiger partial charge on any atom is 0.341 e. The molecule has 0 saturated carbocycles. The molecule has 0 aliphatic heterocycles. The van der Waals surface area contributed by atoms with Gasteiger partial charge in [-0.25, -0.2) is 4.79 Å². The van der Waals surface area contributed by atoms with Crippen LogP contribution in [-0.2, 0) is 14.4 Å². The summed E-state index contributed by atoms with van der Waals surface area (Å²) in [6.07, 6.45) is 0.329. The number of aliphatic carboxylic acids is 1. The third-order valence-corrected chi connectivity index (χ3v) is 4.20. The summed E-state index contributed by atoms with van der Waals surface area (Å²) in [6, 6.07) is 14.8. The largest absolute Gasteiger partial charge is 0.482 e. The fourth-order valence-corrected chi connectivity index (χ4v) is 2.76. The number of ether oxygens (including phenoxy) is 1. The lowest BCUT2D eigenvalue weighted by atomic mass is 10.0. The Morgan fingerprint density at radius 2 is 1.66 bits per heavy atom. The number of carboxylic acids is 1. The second-order valence-electron chi connectivity index (χ2n) is 7.08. The first-order valence-electron chi connectivity index (χ1n) is 9.34. The number of nitrogens with one attached hydrogen (secondary N) is 1. The van der Waals surface area contributed by atoms with Crippen LogP contribution in [0.5, 0.6) is 5.75 Å². The van der Waals surface area contributed by atoms with Gasteiger partial charge in [-0.05, 0) is 35.7 Å². The van der Waals surface area contributed by atoms with Gasteiger partial charge in [-0.3, -0.25) is 9.59 Å². The normalized spacial score (nSPS) is 11.6. The van der Waals surface area contributed by atoms with Gasteiger partial charge in [-0.1, -0.05) is 44.2 Å². The first-order valence-corrected chi connectivity index (χ1v) is 9.34. The second kappa shape index (κ2) is 10.3. The van der Waals surface area contributed by atoms with Gasteiger partial charge in [-0.15, -0.1) is 0 Å². The Hall–Kier alpha value is -3.35. The molecule has 0 aromatic heterocycles. The van der Waals surface area contributed by atoms with Crippen LogP contribution in [0.4, 0.5) is 5.69 Å². The minimum Gasteiger partial charge on any atom is -0.482 e. The second-order valence-corrected chi connectivity index (χ2v) is 7.08. The van der Waals surface area contributed by atoms with Crippen LogP contribution in [-0.4, -0.2) is 36.5 Å². The molecule has 0 bridgehead atoms. The van der Waals surface area contributed by atoms with Crippen molar-refractivity contribution in [2.24, 2.45) is 5.92 Å². The van der Waals surface area contributed by atoms with Crippen LogP contribution in [0.15, 0.2) is 54.6 Å². The summed E-state index contributed by atoms with van der Waals surface area (Å²) < 4.78 is 5.11. The quantitative estimate of drug-likeness (QED) is 0.677. The molecule has 0 aliphatic carbocycles. The van der Waals surface area contributed by atoms with E-state index in [2.05, 4.69) is 5.32 Å². The van der Waals surface area contributed by atoms with E-state index < -0.39 is 18.6 Å². The van der Waals surface area contributed by atoms with Gasteiger partial charge in [0.1, 0.15) is 11.8 Å². The number of benzene rings is 2. The molecule has 7 heteroatoms. The molecule has 7 nitrogen and oxygen atoms in total. The highest BCUT2D eigenvalue weighted by atomic mass is 16.5. The number of likely N-dealkylation sites (N-methyl/N-ethyl adjacent to an activating group) is 1. The molecule has 2 N–H and O–H groups in total. The lowest BCUT2D eigenvalue weighted by molar-refractivity contribution is -0.139. The number of nitrogens with zero attached hydrogens (tertiary/aromatic N) is 1. The van der Waals surface area contributed by atoms with Gasteiger partial charge >= 0.3 is 5.97 Å². The van der Waals surface area contributed by atoms with Crippen molar-refractivity contribution >= 4 is 23.5 Å². The monoisotopic (exact) mass is 398 g/mol. The van der Waals surface area contributed by atoms with Gasteiger partial charge in [0.25, 0.3) is 5.91 Å². The molecule has 0 saturated heterocycles. The zero-order chi connectivity index (χ0) is 21.4. The Morgan fingerprint density at radius 1 is 1.03 bits per heavy atom. The minimum atomic E-state index is -1.07. The summed E-state index contributed by atoms with van der Waals surface area (Å²) in [5.74, 6) is -0.968. The molecule has 0 radical (unpaired) electrons. The van der Waals surface area contributed by atoms with Crippen molar-refractivity contribution in [1.29, 1.82) is 0 Å². The molecule has 154 valence electrons. The first-order chi connectivity index (χ1) is 13.8. The molecule has 0 aliphatic rings. The summed E-state index contributed by atoms with van der Waals surface area (Å²) in [5.41, 5.74) is 1.29. The van der Waals surface area contributed by atoms with Crippen LogP contribution in [0.25, 0.3) is 0 Å². The highest BCUT2D eigenvalue weighted by Crippen LogP contribution is 2.23. The predicted molar refractivity (Wildman–Crippen MR) is 110 cm³/mol. The van der Waals surface area contributed by atoms with E-state index in [1.807, 2.05) is 32.0 Å². The lowest BCUT2D eigenvalue weighted by Crippen LogP contribution is -2.41. The van der Waals surface area contributed by atoms with E-state index in [-0.39, 0.29) is 17.7 Å². The number of carboxylic acid groups (broad SMARTS) is 1. The van der Waals surface area contributed by atoms with Crippen LogP contribution in [0.1, 0.15) is 31.9 Å². The highest BCUT2D eigenvalue weighted by molar-refractivity contribution is 5.99. The summed E-state index contributed by atoms with van der Waals surface area (Å²) >= 11 is 0. The van der Waals surface area contributed by atoms with E-state index >= 15 is 0 Å². The maximum atomic E-state index is 13.2. The number of anilines is 1. The van der Waals surface area contributed by atoms with Gasteiger partial charge in [0.05, 0.1) is 0 Å².